The third-order valence-corrected chi connectivity index (χ3v) is 4.92. The van der Waals surface area contributed by atoms with Crippen molar-refractivity contribution in [1.29, 1.82) is 0 Å². The largest absolute Gasteiger partial charge is 0.481 e. The SMILES string of the molecule is O=C(O)CC1CCN(Cc2ccn(C3CCCC3)n2)CC1. The van der Waals surface area contributed by atoms with E-state index in [1.165, 1.54) is 25.7 Å². The fraction of sp³-hybridized carbons (Fsp3) is 0.750. The minimum absolute atomic E-state index is 0.324. The summed E-state index contributed by atoms with van der Waals surface area (Å²) in [5.41, 5.74) is 1.15. The van der Waals surface area contributed by atoms with E-state index < -0.39 is 5.97 Å². The van der Waals surface area contributed by atoms with Crippen molar-refractivity contribution in [3.8, 4) is 0 Å². The lowest BCUT2D eigenvalue weighted by atomic mass is 9.93. The van der Waals surface area contributed by atoms with Crippen LogP contribution in [0.15, 0.2) is 12.3 Å². The number of hydrogen-bond donors (Lipinski definition) is 1. The lowest BCUT2D eigenvalue weighted by molar-refractivity contribution is -0.138. The van der Waals surface area contributed by atoms with Gasteiger partial charge in [0.05, 0.1) is 11.7 Å². The van der Waals surface area contributed by atoms with Crippen molar-refractivity contribution in [3.05, 3.63) is 18.0 Å². The van der Waals surface area contributed by atoms with Crippen molar-refractivity contribution in [2.75, 3.05) is 13.1 Å². The smallest absolute Gasteiger partial charge is 0.303 e. The third kappa shape index (κ3) is 3.84. The van der Waals surface area contributed by atoms with Crippen molar-refractivity contribution in [1.82, 2.24) is 14.7 Å². The van der Waals surface area contributed by atoms with Gasteiger partial charge in [0.1, 0.15) is 0 Å². The summed E-state index contributed by atoms with van der Waals surface area (Å²) in [6, 6.07) is 2.75. The van der Waals surface area contributed by atoms with Gasteiger partial charge in [-0.05, 0) is 50.8 Å². The van der Waals surface area contributed by atoms with Crippen LogP contribution in [0.2, 0.25) is 0 Å². The number of carboxylic acid groups (broad SMARTS) is 1. The Morgan fingerprint density at radius 2 is 1.95 bits per heavy atom. The molecule has 2 fully saturated rings. The van der Waals surface area contributed by atoms with Gasteiger partial charge < -0.3 is 5.11 Å². The van der Waals surface area contributed by atoms with Crippen LogP contribution in [-0.2, 0) is 11.3 Å². The molecule has 1 N–H and O–H groups in total. The molecule has 116 valence electrons. The molecule has 1 saturated heterocycles. The number of hydrogen-bond acceptors (Lipinski definition) is 3. The molecule has 0 bridgehead atoms. The van der Waals surface area contributed by atoms with E-state index in [-0.39, 0.29) is 0 Å². The average Bonchev–Trinajstić information content (AvgIpc) is 3.11. The zero-order chi connectivity index (χ0) is 14.7. The average molecular weight is 291 g/mol. The van der Waals surface area contributed by atoms with E-state index in [0.717, 1.165) is 38.2 Å². The number of rotatable bonds is 5. The first kappa shape index (κ1) is 14.6. The maximum Gasteiger partial charge on any atom is 0.303 e. The Morgan fingerprint density at radius 1 is 1.24 bits per heavy atom. The molecule has 0 atom stereocenters. The second-order valence-corrected chi connectivity index (χ2v) is 6.54. The highest BCUT2D eigenvalue weighted by molar-refractivity contribution is 5.67. The summed E-state index contributed by atoms with van der Waals surface area (Å²) in [6.45, 7) is 2.89. The van der Waals surface area contributed by atoms with Gasteiger partial charge in [-0.3, -0.25) is 14.4 Å². The molecule has 1 saturated carbocycles. The summed E-state index contributed by atoms with van der Waals surface area (Å²) >= 11 is 0. The summed E-state index contributed by atoms with van der Waals surface area (Å²) in [5.74, 6) is -0.307. The van der Waals surface area contributed by atoms with Crippen molar-refractivity contribution < 1.29 is 9.90 Å². The van der Waals surface area contributed by atoms with Gasteiger partial charge in [-0.2, -0.15) is 5.10 Å². The molecule has 5 nitrogen and oxygen atoms in total. The third-order valence-electron chi connectivity index (χ3n) is 4.92. The first-order chi connectivity index (χ1) is 10.2. The highest BCUT2D eigenvalue weighted by Gasteiger charge is 2.22. The Kier molecular flexibility index (Phi) is 4.58. The van der Waals surface area contributed by atoms with E-state index in [0.29, 0.717) is 18.4 Å². The van der Waals surface area contributed by atoms with Crippen molar-refractivity contribution in [2.45, 2.75) is 57.5 Å². The second-order valence-electron chi connectivity index (χ2n) is 6.54. The van der Waals surface area contributed by atoms with Crippen LogP contribution >= 0.6 is 0 Å². The van der Waals surface area contributed by atoms with E-state index in [1.54, 1.807) is 0 Å². The van der Waals surface area contributed by atoms with Crippen LogP contribution in [0.25, 0.3) is 0 Å². The van der Waals surface area contributed by atoms with Gasteiger partial charge in [-0.15, -0.1) is 0 Å². The number of likely N-dealkylation sites (tertiary alicyclic amines) is 1. The number of piperidine rings is 1. The molecule has 1 aromatic heterocycles. The van der Waals surface area contributed by atoms with Gasteiger partial charge in [0, 0.05) is 19.2 Å². The Bertz CT molecular complexity index is 472. The summed E-state index contributed by atoms with van der Waals surface area (Å²) in [7, 11) is 0. The molecule has 0 spiro atoms. The lowest BCUT2D eigenvalue weighted by Crippen LogP contribution is -2.34. The monoisotopic (exact) mass is 291 g/mol. The van der Waals surface area contributed by atoms with E-state index in [4.69, 9.17) is 10.2 Å². The Labute approximate surface area is 125 Å². The highest BCUT2D eigenvalue weighted by atomic mass is 16.4. The Hall–Kier alpha value is -1.36. The minimum Gasteiger partial charge on any atom is -0.481 e. The van der Waals surface area contributed by atoms with Crippen molar-refractivity contribution in [3.63, 3.8) is 0 Å². The zero-order valence-corrected chi connectivity index (χ0v) is 12.6. The fourth-order valence-corrected chi connectivity index (χ4v) is 3.66. The van der Waals surface area contributed by atoms with Crippen LogP contribution in [0.5, 0.6) is 0 Å². The first-order valence-electron chi connectivity index (χ1n) is 8.19. The summed E-state index contributed by atoms with van der Waals surface area (Å²) in [6.07, 6.45) is 9.63. The molecule has 1 aliphatic heterocycles. The van der Waals surface area contributed by atoms with Crippen molar-refractivity contribution >= 4 is 5.97 Å². The van der Waals surface area contributed by atoms with Gasteiger partial charge in [0.25, 0.3) is 0 Å². The van der Waals surface area contributed by atoms with Gasteiger partial charge in [-0.25, -0.2) is 0 Å². The quantitative estimate of drug-likeness (QED) is 0.906. The highest BCUT2D eigenvalue weighted by Crippen LogP contribution is 2.29. The first-order valence-corrected chi connectivity index (χ1v) is 8.19. The number of aromatic nitrogens is 2. The van der Waals surface area contributed by atoms with Crippen molar-refractivity contribution in [2.24, 2.45) is 5.92 Å². The van der Waals surface area contributed by atoms with Gasteiger partial charge in [0.2, 0.25) is 0 Å². The fourth-order valence-electron chi connectivity index (χ4n) is 3.66. The van der Waals surface area contributed by atoms with E-state index in [9.17, 15) is 4.79 Å². The van der Waals surface area contributed by atoms with E-state index in [2.05, 4.69) is 21.8 Å². The maximum atomic E-state index is 10.7. The molecule has 21 heavy (non-hydrogen) atoms. The zero-order valence-electron chi connectivity index (χ0n) is 12.6. The molecule has 0 radical (unpaired) electrons. The maximum absolute atomic E-state index is 10.7. The predicted molar refractivity (Wildman–Crippen MR) is 80.0 cm³/mol. The molecule has 3 rings (SSSR count). The van der Waals surface area contributed by atoms with Crippen LogP contribution in [0.3, 0.4) is 0 Å². The second kappa shape index (κ2) is 6.60. The number of carbonyl (C=O) groups is 1. The predicted octanol–water partition coefficient (Wildman–Crippen LogP) is 2.68. The molecule has 2 heterocycles. The summed E-state index contributed by atoms with van der Waals surface area (Å²) in [5, 5.41) is 13.6. The summed E-state index contributed by atoms with van der Waals surface area (Å²) in [4.78, 5) is 13.1. The molecule has 1 aliphatic carbocycles. The molecule has 0 unspecified atom stereocenters. The van der Waals surface area contributed by atoms with Crippen LogP contribution in [0.4, 0.5) is 0 Å². The molecule has 2 aliphatic rings. The van der Waals surface area contributed by atoms with Crippen LogP contribution < -0.4 is 0 Å². The number of carboxylic acids is 1. The van der Waals surface area contributed by atoms with Crippen LogP contribution in [-0.4, -0.2) is 38.8 Å². The molecule has 1 aromatic rings. The van der Waals surface area contributed by atoms with E-state index >= 15 is 0 Å². The molecular formula is C16H25N3O2. The topological polar surface area (TPSA) is 58.4 Å². The Balaban J connectivity index is 1.48. The van der Waals surface area contributed by atoms with Crippen LogP contribution in [0.1, 0.15) is 56.7 Å². The minimum atomic E-state index is -0.663. The lowest BCUT2D eigenvalue weighted by Gasteiger charge is -2.30. The molecule has 0 amide bonds. The number of aliphatic carboxylic acids is 1. The normalized spacial score (nSPS) is 21.9. The summed E-state index contributed by atoms with van der Waals surface area (Å²) < 4.78 is 2.15. The van der Waals surface area contributed by atoms with Gasteiger partial charge in [-0.1, -0.05) is 12.8 Å². The number of nitrogens with zero attached hydrogens (tertiary/aromatic N) is 3. The molecule has 0 aromatic carbocycles. The standard InChI is InChI=1S/C16H25N3O2/c20-16(21)11-13-5-8-18(9-6-13)12-14-7-10-19(17-14)15-3-1-2-4-15/h7,10,13,15H,1-6,8-9,11-12H2,(H,20,21). The molecular weight excluding hydrogens is 266 g/mol. The van der Waals surface area contributed by atoms with Gasteiger partial charge in [0.15, 0.2) is 0 Å². The molecule has 5 heteroatoms. The van der Waals surface area contributed by atoms with E-state index in [1.807, 2.05) is 0 Å². The van der Waals surface area contributed by atoms with Crippen LogP contribution in [0, 0.1) is 5.92 Å². The van der Waals surface area contributed by atoms with Gasteiger partial charge >= 0.3 is 5.97 Å². The Morgan fingerprint density at radius 3 is 2.62 bits per heavy atom.